The van der Waals surface area contributed by atoms with Crippen LogP contribution < -0.4 is 5.32 Å². The number of thiazole rings is 1. The summed E-state index contributed by atoms with van der Waals surface area (Å²) in [6.07, 6.45) is 8.89. The topological polar surface area (TPSA) is 45.2 Å². The number of hydrogen-bond donors (Lipinski definition) is 1. The Balaban J connectivity index is 1.65. The molecule has 4 nitrogen and oxygen atoms in total. The molecule has 2 aliphatic carbocycles. The van der Waals surface area contributed by atoms with Crippen molar-refractivity contribution in [1.82, 2.24) is 15.2 Å². The Morgan fingerprint density at radius 1 is 1.42 bits per heavy atom. The molecule has 0 bridgehead atoms. The third-order valence-electron chi connectivity index (χ3n) is 4.72. The molecule has 19 heavy (non-hydrogen) atoms. The monoisotopic (exact) mass is 277 g/mol. The molecule has 3 fully saturated rings. The van der Waals surface area contributed by atoms with Gasteiger partial charge < -0.3 is 4.90 Å². The molecule has 1 atom stereocenters. The first-order valence-electron chi connectivity index (χ1n) is 7.26. The number of nitrogens with zero attached hydrogens (tertiary/aromatic N) is 2. The lowest BCUT2D eigenvalue weighted by Gasteiger charge is -2.22. The Kier molecular flexibility index (Phi) is 2.67. The van der Waals surface area contributed by atoms with Crippen molar-refractivity contribution < 1.29 is 4.79 Å². The molecule has 1 saturated heterocycles. The quantitative estimate of drug-likeness (QED) is 0.922. The molecule has 1 amide bonds. The summed E-state index contributed by atoms with van der Waals surface area (Å²) in [7, 11) is 0. The highest BCUT2D eigenvalue weighted by atomic mass is 32.1. The fourth-order valence-electron chi connectivity index (χ4n) is 3.48. The van der Waals surface area contributed by atoms with Crippen LogP contribution in [-0.4, -0.2) is 27.9 Å². The Hall–Kier alpha value is -0.940. The van der Waals surface area contributed by atoms with Crippen LogP contribution in [0, 0.1) is 5.92 Å². The molecule has 102 valence electrons. The molecule has 3 aliphatic rings. The zero-order valence-corrected chi connectivity index (χ0v) is 11.8. The van der Waals surface area contributed by atoms with Crippen molar-refractivity contribution in [2.45, 2.75) is 50.2 Å². The highest BCUT2D eigenvalue weighted by molar-refractivity contribution is 7.09. The summed E-state index contributed by atoms with van der Waals surface area (Å²) < 4.78 is 0. The van der Waals surface area contributed by atoms with Crippen LogP contribution in [0.4, 0.5) is 0 Å². The first-order valence-corrected chi connectivity index (χ1v) is 8.14. The van der Waals surface area contributed by atoms with Crippen LogP contribution in [0.1, 0.15) is 49.6 Å². The molecule has 0 aromatic carbocycles. The van der Waals surface area contributed by atoms with Crippen molar-refractivity contribution >= 4 is 17.2 Å². The average molecular weight is 277 g/mol. The zero-order valence-electron chi connectivity index (χ0n) is 11.0. The van der Waals surface area contributed by atoms with Gasteiger partial charge in [0.15, 0.2) is 0 Å². The predicted molar refractivity (Wildman–Crippen MR) is 73.6 cm³/mol. The number of hydrogen-bond acceptors (Lipinski definition) is 4. The van der Waals surface area contributed by atoms with Crippen LogP contribution in [0.15, 0.2) is 11.7 Å². The maximum atomic E-state index is 12.8. The molecule has 1 N–H and O–H groups in total. The average Bonchev–Trinajstić information content (AvgIpc) is 2.84. The molecule has 4 rings (SSSR count). The van der Waals surface area contributed by atoms with Crippen LogP contribution >= 0.6 is 11.3 Å². The number of amides is 1. The summed E-state index contributed by atoms with van der Waals surface area (Å²) in [5.74, 6) is 1.08. The maximum absolute atomic E-state index is 12.8. The summed E-state index contributed by atoms with van der Waals surface area (Å²) in [5, 5.41) is 3.65. The van der Waals surface area contributed by atoms with Gasteiger partial charge in [0.05, 0.1) is 15.9 Å². The fourth-order valence-corrected chi connectivity index (χ4v) is 4.16. The summed E-state index contributed by atoms with van der Waals surface area (Å²) in [6.45, 7) is 0.927. The molecule has 1 aliphatic heterocycles. The van der Waals surface area contributed by atoms with Crippen LogP contribution in [0.2, 0.25) is 0 Å². The van der Waals surface area contributed by atoms with Gasteiger partial charge in [-0.1, -0.05) is 12.8 Å². The van der Waals surface area contributed by atoms with Crippen molar-refractivity contribution in [1.29, 1.82) is 0 Å². The largest absolute Gasteiger partial charge is 0.320 e. The van der Waals surface area contributed by atoms with Crippen LogP contribution in [0.5, 0.6) is 0 Å². The third kappa shape index (κ3) is 1.91. The SMILES string of the molecule is O=C1N(CC2CC2)C(c2cncs2)NC12CCCC2. The molecule has 1 unspecified atom stereocenters. The second-order valence-corrected chi connectivity index (χ2v) is 7.06. The van der Waals surface area contributed by atoms with Crippen LogP contribution in [0.25, 0.3) is 0 Å². The smallest absolute Gasteiger partial charge is 0.244 e. The molecule has 1 aromatic heterocycles. The fraction of sp³-hybridized carbons (Fsp3) is 0.714. The van der Waals surface area contributed by atoms with E-state index in [1.165, 1.54) is 30.6 Å². The van der Waals surface area contributed by atoms with E-state index in [0.29, 0.717) is 5.91 Å². The molecule has 0 radical (unpaired) electrons. The highest BCUT2D eigenvalue weighted by Gasteiger charge is 2.53. The molecule has 2 saturated carbocycles. The predicted octanol–water partition coefficient (Wildman–Crippen LogP) is 2.30. The third-order valence-corrected chi connectivity index (χ3v) is 5.55. The van der Waals surface area contributed by atoms with Gasteiger partial charge in [0.2, 0.25) is 5.91 Å². The van der Waals surface area contributed by atoms with Gasteiger partial charge in [0.25, 0.3) is 0 Å². The normalized spacial score (nSPS) is 29.6. The number of rotatable bonds is 3. The van der Waals surface area contributed by atoms with E-state index in [9.17, 15) is 4.79 Å². The van der Waals surface area contributed by atoms with Crippen LogP contribution in [0.3, 0.4) is 0 Å². The Labute approximate surface area is 117 Å². The number of carbonyl (C=O) groups is 1. The van der Waals surface area contributed by atoms with Gasteiger partial charge >= 0.3 is 0 Å². The van der Waals surface area contributed by atoms with E-state index >= 15 is 0 Å². The van der Waals surface area contributed by atoms with Gasteiger partial charge in [0.1, 0.15) is 6.17 Å². The molecular formula is C14H19N3OS. The van der Waals surface area contributed by atoms with E-state index in [2.05, 4.69) is 15.2 Å². The molecule has 1 aromatic rings. The molecular weight excluding hydrogens is 258 g/mol. The highest BCUT2D eigenvalue weighted by Crippen LogP contribution is 2.43. The van der Waals surface area contributed by atoms with E-state index in [1.807, 2.05) is 11.7 Å². The van der Waals surface area contributed by atoms with Gasteiger partial charge in [-0.3, -0.25) is 15.1 Å². The van der Waals surface area contributed by atoms with Gasteiger partial charge in [-0.15, -0.1) is 11.3 Å². The first kappa shape index (κ1) is 11.9. The summed E-state index contributed by atoms with van der Waals surface area (Å²) >= 11 is 1.65. The first-order chi connectivity index (χ1) is 9.28. The Morgan fingerprint density at radius 2 is 2.21 bits per heavy atom. The lowest BCUT2D eigenvalue weighted by atomic mass is 9.98. The van der Waals surface area contributed by atoms with Crippen molar-refractivity contribution in [3.05, 3.63) is 16.6 Å². The van der Waals surface area contributed by atoms with Gasteiger partial charge in [-0.05, 0) is 31.6 Å². The molecule has 1 spiro atoms. The van der Waals surface area contributed by atoms with Crippen LogP contribution in [-0.2, 0) is 4.79 Å². The van der Waals surface area contributed by atoms with Crippen molar-refractivity contribution in [3.63, 3.8) is 0 Å². The van der Waals surface area contributed by atoms with E-state index in [4.69, 9.17) is 0 Å². The number of nitrogens with one attached hydrogen (secondary N) is 1. The zero-order chi connectivity index (χ0) is 12.9. The van der Waals surface area contributed by atoms with E-state index in [0.717, 1.165) is 25.3 Å². The van der Waals surface area contributed by atoms with Gasteiger partial charge in [-0.2, -0.15) is 0 Å². The second-order valence-electron chi connectivity index (χ2n) is 6.14. The summed E-state index contributed by atoms with van der Waals surface area (Å²) in [6, 6.07) is 0. The summed E-state index contributed by atoms with van der Waals surface area (Å²) in [5.41, 5.74) is 1.60. The minimum absolute atomic E-state index is 0.0682. The summed E-state index contributed by atoms with van der Waals surface area (Å²) in [4.78, 5) is 20.3. The lowest BCUT2D eigenvalue weighted by Crippen LogP contribution is -2.44. The van der Waals surface area contributed by atoms with E-state index < -0.39 is 0 Å². The van der Waals surface area contributed by atoms with Gasteiger partial charge in [-0.25, -0.2) is 0 Å². The maximum Gasteiger partial charge on any atom is 0.244 e. The Morgan fingerprint density at radius 3 is 2.84 bits per heavy atom. The Bertz CT molecular complexity index is 477. The second kappa shape index (κ2) is 4.28. The molecule has 2 heterocycles. The van der Waals surface area contributed by atoms with Crippen molar-refractivity contribution in [2.24, 2.45) is 5.92 Å². The minimum Gasteiger partial charge on any atom is -0.320 e. The number of aromatic nitrogens is 1. The lowest BCUT2D eigenvalue weighted by molar-refractivity contribution is -0.133. The molecule has 5 heteroatoms. The number of carbonyl (C=O) groups excluding carboxylic acids is 1. The van der Waals surface area contributed by atoms with E-state index in [-0.39, 0.29) is 11.7 Å². The minimum atomic E-state index is -0.260. The van der Waals surface area contributed by atoms with E-state index in [1.54, 1.807) is 11.3 Å². The van der Waals surface area contributed by atoms with Gasteiger partial charge in [0, 0.05) is 12.7 Å². The van der Waals surface area contributed by atoms with Crippen molar-refractivity contribution in [2.75, 3.05) is 6.54 Å². The van der Waals surface area contributed by atoms with Crippen molar-refractivity contribution in [3.8, 4) is 0 Å². The standard InChI is InChI=1S/C14H19N3OS/c18-13-14(5-1-2-6-14)16-12(11-7-15-9-19-11)17(13)8-10-3-4-10/h7,9-10,12,16H,1-6,8H2.